The summed E-state index contributed by atoms with van der Waals surface area (Å²) in [6.45, 7) is 0.538. The number of hydrogen-bond donors (Lipinski definition) is 0. The second-order valence-corrected chi connectivity index (χ2v) is 4.11. The number of thioether (sulfide) groups is 1. The van der Waals surface area contributed by atoms with Gasteiger partial charge in [-0.1, -0.05) is 0 Å². The number of aryl methyl sites for hydroxylation is 1. The van der Waals surface area contributed by atoms with Gasteiger partial charge >= 0.3 is 5.76 Å². The molecule has 0 fully saturated rings. The molecule has 0 saturated carbocycles. The summed E-state index contributed by atoms with van der Waals surface area (Å²) < 4.78 is 19.4. The number of nitrogens with zero attached hydrogens (tertiary/aromatic N) is 1. The molecule has 1 aromatic carbocycles. The highest BCUT2D eigenvalue weighted by atomic mass is 32.2. The van der Waals surface area contributed by atoms with Crippen LogP contribution in [-0.2, 0) is 6.54 Å². The van der Waals surface area contributed by atoms with Crippen molar-refractivity contribution in [3.8, 4) is 0 Å². The Morgan fingerprint density at radius 2 is 2.33 bits per heavy atom. The van der Waals surface area contributed by atoms with Crippen LogP contribution in [0.15, 0.2) is 27.4 Å². The van der Waals surface area contributed by atoms with Crippen LogP contribution in [0.5, 0.6) is 0 Å². The fraction of sp³-hybridized carbons (Fsp3) is 0.300. The molecule has 2 aromatic rings. The maximum Gasteiger partial charge on any atom is 0.419 e. The lowest BCUT2D eigenvalue weighted by Gasteiger charge is -1.99. The summed E-state index contributed by atoms with van der Waals surface area (Å²) in [5.41, 5.74) is 0.955. The Morgan fingerprint density at radius 3 is 3.07 bits per heavy atom. The van der Waals surface area contributed by atoms with Gasteiger partial charge in [-0.3, -0.25) is 4.57 Å². The Balaban J connectivity index is 2.55. The third-order valence-electron chi connectivity index (χ3n) is 2.15. The van der Waals surface area contributed by atoms with Crippen molar-refractivity contribution in [2.24, 2.45) is 0 Å². The molecule has 5 heteroatoms. The normalized spacial score (nSPS) is 11.1. The summed E-state index contributed by atoms with van der Waals surface area (Å²) in [6.07, 6.45) is 1.95. The highest BCUT2D eigenvalue weighted by Crippen LogP contribution is 2.14. The predicted octanol–water partition coefficient (Wildman–Crippen LogP) is 2.10. The van der Waals surface area contributed by atoms with Gasteiger partial charge in [-0.25, -0.2) is 9.18 Å². The maximum absolute atomic E-state index is 13.0. The third-order valence-corrected chi connectivity index (χ3v) is 2.74. The number of rotatable bonds is 3. The fourth-order valence-electron chi connectivity index (χ4n) is 1.43. The first-order valence-corrected chi connectivity index (χ1v) is 5.89. The maximum atomic E-state index is 13.0. The summed E-state index contributed by atoms with van der Waals surface area (Å²) in [4.78, 5) is 11.4. The Morgan fingerprint density at radius 1 is 1.53 bits per heavy atom. The van der Waals surface area contributed by atoms with Gasteiger partial charge < -0.3 is 4.42 Å². The molecular formula is C10H10FNO2S. The van der Waals surface area contributed by atoms with E-state index in [1.807, 2.05) is 6.26 Å². The average molecular weight is 227 g/mol. The number of hydrogen-bond acceptors (Lipinski definition) is 3. The largest absolute Gasteiger partial charge is 0.419 e. The molecule has 0 radical (unpaired) electrons. The Kier molecular flexibility index (Phi) is 2.81. The van der Waals surface area contributed by atoms with Crippen LogP contribution in [0.4, 0.5) is 4.39 Å². The van der Waals surface area contributed by atoms with Crippen LogP contribution in [0.1, 0.15) is 0 Å². The van der Waals surface area contributed by atoms with Crippen LogP contribution in [-0.4, -0.2) is 16.6 Å². The fourth-order valence-corrected chi connectivity index (χ4v) is 1.79. The molecule has 1 aromatic heterocycles. The van der Waals surface area contributed by atoms with Gasteiger partial charge in [0.2, 0.25) is 0 Å². The standard InChI is InChI=1S/C10H10FNO2S/c1-15-5-4-12-8-6-7(11)2-3-9(8)14-10(12)13/h2-3,6H,4-5H2,1H3. The first-order valence-electron chi connectivity index (χ1n) is 4.50. The SMILES string of the molecule is CSCCn1c(=O)oc2ccc(F)cc21. The molecule has 0 unspecified atom stereocenters. The van der Waals surface area contributed by atoms with E-state index in [0.29, 0.717) is 17.6 Å². The highest BCUT2D eigenvalue weighted by molar-refractivity contribution is 7.98. The molecule has 0 bridgehead atoms. The van der Waals surface area contributed by atoms with Crippen molar-refractivity contribution in [1.82, 2.24) is 4.57 Å². The second-order valence-electron chi connectivity index (χ2n) is 3.12. The van der Waals surface area contributed by atoms with Crippen molar-refractivity contribution < 1.29 is 8.81 Å². The van der Waals surface area contributed by atoms with Crippen LogP contribution in [0, 0.1) is 5.82 Å². The molecule has 0 atom stereocenters. The van der Waals surface area contributed by atoms with Crippen LogP contribution in [0.3, 0.4) is 0 Å². The summed E-state index contributed by atoms with van der Waals surface area (Å²) in [6, 6.07) is 4.08. The topological polar surface area (TPSA) is 35.1 Å². The average Bonchev–Trinajstić information content (AvgIpc) is 2.51. The molecule has 1 heterocycles. The molecule has 0 N–H and O–H groups in total. The van der Waals surface area contributed by atoms with E-state index in [9.17, 15) is 9.18 Å². The summed E-state index contributed by atoms with van der Waals surface area (Å²) in [7, 11) is 0. The van der Waals surface area contributed by atoms with Crippen molar-refractivity contribution in [2.45, 2.75) is 6.54 Å². The van der Waals surface area contributed by atoms with Crippen LogP contribution >= 0.6 is 11.8 Å². The zero-order valence-electron chi connectivity index (χ0n) is 8.20. The minimum absolute atomic E-state index is 0.360. The number of halogens is 1. The monoisotopic (exact) mass is 227 g/mol. The molecular weight excluding hydrogens is 217 g/mol. The van der Waals surface area contributed by atoms with Gasteiger partial charge in [0.15, 0.2) is 5.58 Å². The lowest BCUT2D eigenvalue weighted by molar-refractivity contribution is 0.514. The number of fused-ring (bicyclic) bond motifs is 1. The van der Waals surface area contributed by atoms with Crippen LogP contribution in [0.2, 0.25) is 0 Å². The molecule has 0 amide bonds. The van der Waals surface area contributed by atoms with E-state index in [-0.39, 0.29) is 5.82 Å². The van der Waals surface area contributed by atoms with E-state index >= 15 is 0 Å². The molecule has 0 aliphatic heterocycles. The van der Waals surface area contributed by atoms with Gasteiger partial charge in [0.25, 0.3) is 0 Å². The van der Waals surface area contributed by atoms with E-state index in [2.05, 4.69) is 0 Å². The van der Waals surface area contributed by atoms with Gasteiger partial charge in [-0.2, -0.15) is 11.8 Å². The van der Waals surface area contributed by atoms with E-state index in [1.54, 1.807) is 11.8 Å². The quantitative estimate of drug-likeness (QED) is 0.805. The number of benzene rings is 1. The molecule has 0 aliphatic rings. The van der Waals surface area contributed by atoms with Crippen LogP contribution in [0.25, 0.3) is 11.1 Å². The van der Waals surface area contributed by atoms with Gasteiger partial charge in [-0.05, 0) is 18.4 Å². The number of oxazole rings is 1. The van der Waals surface area contributed by atoms with Crippen molar-refractivity contribution in [2.75, 3.05) is 12.0 Å². The Hall–Kier alpha value is -1.23. The highest BCUT2D eigenvalue weighted by Gasteiger charge is 2.09. The first-order chi connectivity index (χ1) is 7.22. The van der Waals surface area contributed by atoms with Crippen molar-refractivity contribution >= 4 is 22.9 Å². The minimum Gasteiger partial charge on any atom is -0.408 e. The van der Waals surface area contributed by atoms with Crippen LogP contribution < -0.4 is 5.76 Å². The Bertz CT molecular complexity index is 532. The van der Waals surface area contributed by atoms with E-state index in [4.69, 9.17) is 4.42 Å². The van der Waals surface area contributed by atoms with Gasteiger partial charge in [0, 0.05) is 18.4 Å². The van der Waals surface area contributed by atoms with Crippen molar-refractivity contribution in [1.29, 1.82) is 0 Å². The smallest absolute Gasteiger partial charge is 0.408 e. The zero-order chi connectivity index (χ0) is 10.8. The molecule has 0 aliphatic carbocycles. The first kappa shape index (κ1) is 10.3. The van der Waals surface area contributed by atoms with Gasteiger partial charge in [-0.15, -0.1) is 0 Å². The Labute approximate surface area is 89.9 Å². The van der Waals surface area contributed by atoms with Crippen molar-refractivity contribution in [3.63, 3.8) is 0 Å². The van der Waals surface area contributed by atoms with E-state index < -0.39 is 5.76 Å². The molecule has 15 heavy (non-hydrogen) atoms. The molecule has 3 nitrogen and oxygen atoms in total. The van der Waals surface area contributed by atoms with Crippen molar-refractivity contribution in [3.05, 3.63) is 34.6 Å². The lowest BCUT2D eigenvalue weighted by atomic mass is 10.3. The predicted molar refractivity (Wildman–Crippen MR) is 58.8 cm³/mol. The molecule has 0 saturated heterocycles. The van der Waals surface area contributed by atoms with Gasteiger partial charge in [0.05, 0.1) is 5.52 Å². The second kappa shape index (κ2) is 4.10. The van der Waals surface area contributed by atoms with E-state index in [1.165, 1.54) is 22.8 Å². The minimum atomic E-state index is -0.426. The van der Waals surface area contributed by atoms with Gasteiger partial charge in [0.1, 0.15) is 5.82 Å². The van der Waals surface area contributed by atoms with E-state index in [0.717, 1.165) is 5.75 Å². The number of aromatic nitrogens is 1. The summed E-state index contributed by atoms with van der Waals surface area (Å²) in [5, 5.41) is 0. The molecule has 80 valence electrons. The molecule has 0 spiro atoms. The summed E-state index contributed by atoms with van der Waals surface area (Å²) >= 11 is 1.63. The lowest BCUT2D eigenvalue weighted by Crippen LogP contribution is -2.15. The zero-order valence-corrected chi connectivity index (χ0v) is 9.01. The third kappa shape index (κ3) is 1.92. The summed E-state index contributed by atoms with van der Waals surface area (Å²) in [5.74, 6) is 0.0104. The molecule has 2 rings (SSSR count).